The Morgan fingerprint density at radius 3 is 2.43 bits per heavy atom. The molecule has 2 aromatic rings. The molecule has 234 valence electrons. The molecule has 1 aliphatic rings. The molecule has 4 N–H and O–H groups in total. The van der Waals surface area contributed by atoms with Crippen molar-refractivity contribution in [2.75, 3.05) is 13.7 Å². The van der Waals surface area contributed by atoms with Crippen LogP contribution in [0.3, 0.4) is 0 Å². The van der Waals surface area contributed by atoms with Crippen LogP contribution < -0.4 is 31.8 Å². The molecule has 0 spiro atoms. The number of H-pyrrole nitrogens is 1. The molecule has 3 rings (SSSR count). The number of aromatic amines is 1. The molecule has 42 heavy (non-hydrogen) atoms. The fourth-order valence-electron chi connectivity index (χ4n) is 4.02. The van der Waals surface area contributed by atoms with Crippen molar-refractivity contribution < 1.29 is 32.9 Å². The van der Waals surface area contributed by atoms with Crippen molar-refractivity contribution in [3.8, 4) is 11.5 Å². The number of esters is 1. The SMILES string of the molecule is CCc1cn([C@@H]2O[C@H](CNC(=O)[C@@H](C)Oc3cc(OC)c(Cl)cc3Cl)[C@@H](OC(=O)[C@@H](N)C(C)C)[C@@H]2F)c(=O)[nH]c1=O.Cl. The summed E-state index contributed by atoms with van der Waals surface area (Å²) in [6.45, 7) is 6.21. The van der Waals surface area contributed by atoms with Crippen molar-refractivity contribution in [2.24, 2.45) is 11.7 Å². The third kappa shape index (κ3) is 7.95. The highest BCUT2D eigenvalue weighted by atomic mass is 35.5. The lowest BCUT2D eigenvalue weighted by atomic mass is 10.1. The van der Waals surface area contributed by atoms with Crippen LogP contribution >= 0.6 is 35.6 Å². The lowest BCUT2D eigenvalue weighted by molar-refractivity contribution is -0.156. The van der Waals surface area contributed by atoms with E-state index >= 15 is 4.39 Å². The summed E-state index contributed by atoms with van der Waals surface area (Å²) in [6, 6.07) is 1.78. The highest BCUT2D eigenvalue weighted by molar-refractivity contribution is 6.36. The van der Waals surface area contributed by atoms with Gasteiger partial charge in [0.05, 0.1) is 17.2 Å². The van der Waals surface area contributed by atoms with Crippen LogP contribution in [-0.4, -0.2) is 65.6 Å². The summed E-state index contributed by atoms with van der Waals surface area (Å²) >= 11 is 12.2. The Kier molecular flexibility index (Phi) is 12.7. The van der Waals surface area contributed by atoms with Gasteiger partial charge in [-0.2, -0.15) is 0 Å². The topological polar surface area (TPSA) is 164 Å². The molecule has 0 unspecified atom stereocenters. The van der Waals surface area contributed by atoms with E-state index in [9.17, 15) is 19.2 Å². The van der Waals surface area contributed by atoms with E-state index in [2.05, 4.69) is 10.3 Å². The molecule has 1 aromatic carbocycles. The average Bonchev–Trinajstić information content (AvgIpc) is 3.22. The van der Waals surface area contributed by atoms with Crippen LogP contribution in [0.15, 0.2) is 27.9 Å². The second kappa shape index (κ2) is 15.1. The number of benzene rings is 1. The number of nitrogens with one attached hydrogen (secondary N) is 2. The fourth-order valence-corrected chi connectivity index (χ4v) is 4.53. The molecule has 0 bridgehead atoms. The lowest BCUT2D eigenvalue weighted by Crippen LogP contribution is -2.47. The van der Waals surface area contributed by atoms with Crippen LogP contribution in [0.25, 0.3) is 0 Å². The fraction of sp³-hybridized carbons (Fsp3) is 0.538. The predicted octanol–water partition coefficient (Wildman–Crippen LogP) is 2.55. The second-order valence-electron chi connectivity index (χ2n) is 9.78. The number of ether oxygens (including phenoxy) is 4. The van der Waals surface area contributed by atoms with E-state index in [0.717, 1.165) is 4.57 Å². The minimum atomic E-state index is -2.04. The van der Waals surface area contributed by atoms with Gasteiger partial charge in [0.25, 0.3) is 11.5 Å². The first kappa shape index (κ1) is 35.4. The van der Waals surface area contributed by atoms with E-state index in [1.54, 1.807) is 20.8 Å². The molecule has 0 aliphatic carbocycles. The summed E-state index contributed by atoms with van der Waals surface area (Å²) in [4.78, 5) is 52.1. The van der Waals surface area contributed by atoms with Crippen LogP contribution in [0.2, 0.25) is 10.0 Å². The van der Waals surface area contributed by atoms with Crippen molar-refractivity contribution in [2.45, 2.75) is 70.9 Å². The second-order valence-corrected chi connectivity index (χ2v) is 10.6. The quantitative estimate of drug-likeness (QED) is 0.309. The first-order chi connectivity index (χ1) is 19.3. The normalized spacial score (nSPS) is 21.3. The molecular weight excluding hydrogens is 622 g/mol. The first-order valence-corrected chi connectivity index (χ1v) is 13.6. The van der Waals surface area contributed by atoms with E-state index in [4.69, 9.17) is 47.9 Å². The average molecular weight is 656 g/mol. The predicted molar refractivity (Wildman–Crippen MR) is 156 cm³/mol. The first-order valence-electron chi connectivity index (χ1n) is 12.9. The number of aryl methyl sites for hydroxylation is 1. The number of hydrogen-bond acceptors (Lipinski definition) is 9. The van der Waals surface area contributed by atoms with Gasteiger partial charge in [-0.15, -0.1) is 12.4 Å². The minimum absolute atomic E-state index is 0. The summed E-state index contributed by atoms with van der Waals surface area (Å²) in [6.07, 6.45) is -5.98. The monoisotopic (exact) mass is 654 g/mol. The van der Waals surface area contributed by atoms with E-state index in [0.29, 0.717) is 0 Å². The van der Waals surface area contributed by atoms with Crippen LogP contribution in [-0.2, 0) is 25.5 Å². The van der Waals surface area contributed by atoms with Crippen molar-refractivity contribution in [3.63, 3.8) is 0 Å². The van der Waals surface area contributed by atoms with Gasteiger partial charge in [-0.1, -0.05) is 44.0 Å². The van der Waals surface area contributed by atoms with E-state index in [1.807, 2.05) is 0 Å². The Balaban J connectivity index is 0.00000616. The molecule has 12 nitrogen and oxygen atoms in total. The summed E-state index contributed by atoms with van der Waals surface area (Å²) in [5, 5.41) is 2.97. The highest BCUT2D eigenvalue weighted by Gasteiger charge is 2.49. The molecule has 1 amide bonds. The molecule has 1 aliphatic heterocycles. The van der Waals surface area contributed by atoms with Crippen molar-refractivity contribution >= 4 is 47.5 Å². The highest BCUT2D eigenvalue weighted by Crippen LogP contribution is 2.36. The zero-order chi connectivity index (χ0) is 30.6. The lowest BCUT2D eigenvalue weighted by Gasteiger charge is -2.23. The molecule has 0 radical (unpaired) electrons. The van der Waals surface area contributed by atoms with Gasteiger partial charge in [0.15, 0.2) is 24.6 Å². The minimum Gasteiger partial charge on any atom is -0.495 e. The summed E-state index contributed by atoms with van der Waals surface area (Å²) < 4.78 is 38.6. The van der Waals surface area contributed by atoms with Gasteiger partial charge in [-0.05, 0) is 25.3 Å². The number of methoxy groups -OCH3 is 1. The maximum Gasteiger partial charge on any atom is 0.330 e. The van der Waals surface area contributed by atoms with E-state index < -0.39 is 59.9 Å². The van der Waals surface area contributed by atoms with Gasteiger partial charge >= 0.3 is 11.7 Å². The van der Waals surface area contributed by atoms with Crippen molar-refractivity contribution in [1.82, 2.24) is 14.9 Å². The largest absolute Gasteiger partial charge is 0.495 e. The molecule has 16 heteroatoms. The molecule has 6 atom stereocenters. The van der Waals surface area contributed by atoms with Gasteiger partial charge in [-0.25, -0.2) is 9.18 Å². The molecule has 1 aromatic heterocycles. The molecule has 0 saturated carbocycles. The van der Waals surface area contributed by atoms with Gasteiger partial charge < -0.3 is 30.0 Å². The van der Waals surface area contributed by atoms with Crippen molar-refractivity contribution in [3.05, 3.63) is 54.8 Å². The number of halogens is 4. The van der Waals surface area contributed by atoms with Crippen molar-refractivity contribution in [1.29, 1.82) is 0 Å². The van der Waals surface area contributed by atoms with Crippen LogP contribution in [0.1, 0.15) is 39.5 Å². The third-order valence-electron chi connectivity index (χ3n) is 6.56. The van der Waals surface area contributed by atoms with E-state index in [-0.39, 0.29) is 58.4 Å². The van der Waals surface area contributed by atoms with Gasteiger partial charge in [0, 0.05) is 24.4 Å². The standard InChI is InChI=1S/C26H33Cl2FN4O8.ClH/c1-6-13-10-33(26(37)32-23(13)35)24-19(29)21(41-25(36)20(30)11(2)3)18(40-24)9-31-22(34)12(4)39-17-8-16(38-5)14(27)7-15(17)28;/h7-8,10-12,18-21,24H,6,9,30H2,1-5H3,(H,31,34)(H,32,35,37);1H/t12-,18-,19+,20+,21-,24-;/m1./s1. The Bertz CT molecular complexity index is 1390. The Morgan fingerprint density at radius 1 is 1.19 bits per heavy atom. The Morgan fingerprint density at radius 2 is 1.83 bits per heavy atom. The number of rotatable bonds is 11. The number of nitrogens with zero attached hydrogens (tertiary/aromatic N) is 1. The van der Waals surface area contributed by atoms with Gasteiger partial charge in [-0.3, -0.25) is 23.9 Å². The third-order valence-corrected chi connectivity index (χ3v) is 7.15. The molecule has 2 heterocycles. The maximum absolute atomic E-state index is 15.8. The zero-order valence-corrected chi connectivity index (χ0v) is 25.8. The molecular formula is C26H34Cl3FN4O8. The van der Waals surface area contributed by atoms with Gasteiger partial charge in [0.2, 0.25) is 0 Å². The number of alkyl halides is 1. The number of carbonyl (C=O) groups is 2. The number of hydrogen-bond donors (Lipinski definition) is 3. The Hall–Kier alpha value is -2.84. The van der Waals surface area contributed by atoms with Crippen LogP contribution in [0.5, 0.6) is 11.5 Å². The number of amides is 1. The summed E-state index contributed by atoms with van der Waals surface area (Å²) in [7, 11) is 1.41. The Labute approximate surface area is 257 Å². The number of nitrogens with two attached hydrogens (primary N) is 1. The number of aromatic nitrogens is 2. The van der Waals surface area contributed by atoms with Gasteiger partial charge in [0.1, 0.15) is 23.6 Å². The maximum atomic E-state index is 15.8. The number of carbonyl (C=O) groups excluding carboxylic acids is 2. The molecule has 1 saturated heterocycles. The zero-order valence-electron chi connectivity index (χ0n) is 23.5. The van der Waals surface area contributed by atoms with Crippen LogP contribution in [0.4, 0.5) is 4.39 Å². The van der Waals surface area contributed by atoms with Crippen LogP contribution in [0, 0.1) is 5.92 Å². The summed E-state index contributed by atoms with van der Waals surface area (Å²) in [5.74, 6) is -1.39. The summed E-state index contributed by atoms with van der Waals surface area (Å²) in [5.41, 5.74) is 4.58. The van der Waals surface area contributed by atoms with E-state index in [1.165, 1.54) is 32.4 Å². The molecule has 1 fully saturated rings. The smallest absolute Gasteiger partial charge is 0.330 e.